The molecule has 0 aromatic carbocycles. The molecule has 126 valence electrons. The molecule has 4 heterocycles. The van der Waals surface area contributed by atoms with Crippen LogP contribution < -0.4 is 11.1 Å². The normalized spacial score (nSPS) is 40.7. The summed E-state index contributed by atoms with van der Waals surface area (Å²) in [6.07, 6.45) is 8.69. The molecule has 3 atom stereocenters. The van der Waals surface area contributed by atoms with Crippen LogP contribution in [0.3, 0.4) is 0 Å². The minimum absolute atomic E-state index is 0.236. The average Bonchev–Trinajstić information content (AvgIpc) is 3.14. The second kappa shape index (κ2) is 5.51. The lowest BCUT2D eigenvalue weighted by atomic mass is 9.82. The Morgan fingerprint density at radius 3 is 2.96 bits per heavy atom. The van der Waals surface area contributed by atoms with Gasteiger partial charge in [-0.05, 0) is 49.6 Å². The summed E-state index contributed by atoms with van der Waals surface area (Å²) < 4.78 is 0. The molecule has 0 radical (unpaired) electrons. The fourth-order valence-electron chi connectivity index (χ4n) is 5.41. The molecule has 23 heavy (non-hydrogen) atoms. The van der Waals surface area contributed by atoms with Crippen molar-refractivity contribution < 1.29 is 0 Å². The molecule has 0 aromatic heterocycles. The molecule has 0 aromatic rings. The topological polar surface area (TPSA) is 44.5 Å². The van der Waals surface area contributed by atoms with Gasteiger partial charge in [0.2, 0.25) is 0 Å². The SMILES string of the molecule is NC1(N2CCCC2)C=C2SCCCN3C2=C(C1)C1CNCCC13. The third-order valence-electron chi connectivity index (χ3n) is 6.47. The van der Waals surface area contributed by atoms with Gasteiger partial charge >= 0.3 is 0 Å². The van der Waals surface area contributed by atoms with Crippen LogP contribution in [-0.2, 0) is 0 Å². The summed E-state index contributed by atoms with van der Waals surface area (Å²) in [5.74, 6) is 1.93. The van der Waals surface area contributed by atoms with E-state index in [9.17, 15) is 0 Å². The number of nitrogens with one attached hydrogen (secondary N) is 1. The van der Waals surface area contributed by atoms with Crippen LogP contribution in [0.1, 0.15) is 32.1 Å². The Balaban J connectivity index is 1.56. The highest BCUT2D eigenvalue weighted by atomic mass is 32.2. The first-order chi connectivity index (χ1) is 11.3. The monoisotopic (exact) mass is 332 g/mol. The Morgan fingerprint density at radius 1 is 1.22 bits per heavy atom. The Hall–Kier alpha value is -0.490. The van der Waals surface area contributed by atoms with E-state index in [1.807, 2.05) is 0 Å². The molecule has 3 saturated heterocycles. The van der Waals surface area contributed by atoms with Crippen LogP contribution in [0.15, 0.2) is 22.3 Å². The van der Waals surface area contributed by atoms with Crippen LogP contribution in [0, 0.1) is 5.92 Å². The molecule has 3 unspecified atom stereocenters. The summed E-state index contributed by atoms with van der Waals surface area (Å²) in [6.45, 7) is 5.90. The molecular weight excluding hydrogens is 304 g/mol. The van der Waals surface area contributed by atoms with Crippen molar-refractivity contribution in [1.29, 1.82) is 0 Å². The summed E-state index contributed by atoms with van der Waals surface area (Å²) in [5, 5.41) is 3.64. The number of piperidine rings is 1. The summed E-state index contributed by atoms with van der Waals surface area (Å²) in [5.41, 5.74) is 10.0. The third kappa shape index (κ3) is 2.24. The number of rotatable bonds is 1. The molecule has 1 aliphatic carbocycles. The Morgan fingerprint density at radius 2 is 2.09 bits per heavy atom. The minimum Gasteiger partial charge on any atom is -0.367 e. The molecule has 5 aliphatic rings. The van der Waals surface area contributed by atoms with Crippen LogP contribution in [0.4, 0.5) is 0 Å². The van der Waals surface area contributed by atoms with Gasteiger partial charge in [0.25, 0.3) is 0 Å². The van der Waals surface area contributed by atoms with Crippen molar-refractivity contribution in [1.82, 2.24) is 15.1 Å². The number of fused-ring (bicyclic) bond motifs is 3. The smallest absolute Gasteiger partial charge is 0.0932 e. The quantitative estimate of drug-likeness (QED) is 0.765. The van der Waals surface area contributed by atoms with Gasteiger partial charge in [-0.3, -0.25) is 4.90 Å². The van der Waals surface area contributed by atoms with Crippen molar-refractivity contribution in [2.24, 2.45) is 11.7 Å². The highest BCUT2D eigenvalue weighted by Crippen LogP contribution is 2.51. The van der Waals surface area contributed by atoms with Crippen LogP contribution in [0.2, 0.25) is 0 Å². The second-order valence-corrected chi connectivity index (χ2v) is 8.94. The summed E-state index contributed by atoms with van der Waals surface area (Å²) in [4.78, 5) is 6.80. The first kappa shape index (κ1) is 14.8. The van der Waals surface area contributed by atoms with E-state index in [0.29, 0.717) is 5.92 Å². The van der Waals surface area contributed by atoms with Crippen molar-refractivity contribution in [3.8, 4) is 0 Å². The first-order valence-electron chi connectivity index (χ1n) is 9.37. The van der Waals surface area contributed by atoms with Crippen molar-refractivity contribution in [2.75, 3.05) is 38.5 Å². The number of likely N-dealkylation sites (tertiary alicyclic amines) is 1. The molecule has 0 saturated carbocycles. The molecule has 0 amide bonds. The number of thioether (sulfide) groups is 1. The Bertz CT molecular complexity index is 565. The predicted molar refractivity (Wildman–Crippen MR) is 96.0 cm³/mol. The summed E-state index contributed by atoms with van der Waals surface area (Å²) in [7, 11) is 0. The maximum atomic E-state index is 6.99. The summed E-state index contributed by atoms with van der Waals surface area (Å²) >= 11 is 2.06. The zero-order valence-electron chi connectivity index (χ0n) is 13.9. The van der Waals surface area contributed by atoms with Gasteiger partial charge in [-0.25, -0.2) is 0 Å². The van der Waals surface area contributed by atoms with E-state index in [-0.39, 0.29) is 5.66 Å². The largest absolute Gasteiger partial charge is 0.367 e. The molecule has 4 aliphatic heterocycles. The van der Waals surface area contributed by atoms with Gasteiger partial charge in [0.05, 0.1) is 11.4 Å². The maximum absolute atomic E-state index is 6.99. The van der Waals surface area contributed by atoms with Gasteiger partial charge in [-0.1, -0.05) is 0 Å². The number of hydrogen-bond donors (Lipinski definition) is 2. The molecule has 5 heteroatoms. The van der Waals surface area contributed by atoms with Gasteiger partial charge in [0.1, 0.15) is 0 Å². The fourth-order valence-corrected chi connectivity index (χ4v) is 6.57. The lowest BCUT2D eigenvalue weighted by Gasteiger charge is -2.41. The third-order valence-corrected chi connectivity index (χ3v) is 7.58. The van der Waals surface area contributed by atoms with E-state index in [0.717, 1.165) is 19.0 Å². The average molecular weight is 333 g/mol. The van der Waals surface area contributed by atoms with Gasteiger partial charge in [0.15, 0.2) is 0 Å². The van der Waals surface area contributed by atoms with Crippen molar-refractivity contribution in [3.63, 3.8) is 0 Å². The fraction of sp³-hybridized carbons (Fsp3) is 0.778. The maximum Gasteiger partial charge on any atom is 0.0932 e. The van der Waals surface area contributed by atoms with Crippen LogP contribution in [-0.4, -0.2) is 60.0 Å². The van der Waals surface area contributed by atoms with Gasteiger partial charge in [-0.2, -0.15) is 0 Å². The number of hydrogen-bond acceptors (Lipinski definition) is 5. The van der Waals surface area contributed by atoms with Gasteiger partial charge in [0, 0.05) is 49.5 Å². The van der Waals surface area contributed by atoms with E-state index >= 15 is 0 Å². The van der Waals surface area contributed by atoms with Crippen LogP contribution in [0.25, 0.3) is 0 Å². The van der Waals surface area contributed by atoms with E-state index in [2.05, 4.69) is 33.0 Å². The van der Waals surface area contributed by atoms with E-state index in [4.69, 9.17) is 5.73 Å². The minimum atomic E-state index is -0.236. The standard InChI is InChI=1S/C18H28N4S/c19-18(21-6-1-2-7-21)10-13-14-12-20-5-4-15(14)22-8-3-9-23-16(11-18)17(13)22/h11,14-15,20H,1-10,12,19H2. The highest BCUT2D eigenvalue weighted by Gasteiger charge is 2.49. The molecule has 0 bridgehead atoms. The molecule has 5 rings (SSSR count). The Labute approximate surface area is 143 Å². The molecular formula is C18H28N4S. The van der Waals surface area contributed by atoms with Crippen LogP contribution >= 0.6 is 11.8 Å². The lowest BCUT2D eigenvalue weighted by molar-refractivity contribution is 0.163. The zero-order valence-corrected chi connectivity index (χ0v) is 14.7. The molecule has 3 fully saturated rings. The van der Waals surface area contributed by atoms with E-state index in [1.54, 1.807) is 11.3 Å². The first-order valence-corrected chi connectivity index (χ1v) is 10.4. The Kier molecular flexibility index (Phi) is 3.55. The zero-order chi connectivity index (χ0) is 15.4. The van der Waals surface area contributed by atoms with Crippen molar-refractivity contribution in [2.45, 2.75) is 43.8 Å². The molecule has 0 spiro atoms. The number of nitrogens with zero attached hydrogens (tertiary/aromatic N) is 2. The lowest BCUT2D eigenvalue weighted by Crippen LogP contribution is -2.55. The predicted octanol–water partition coefficient (Wildman–Crippen LogP) is 1.71. The number of nitrogens with two attached hydrogens (primary N) is 1. The van der Waals surface area contributed by atoms with E-state index < -0.39 is 0 Å². The molecule has 4 nitrogen and oxygen atoms in total. The van der Waals surface area contributed by atoms with E-state index in [1.165, 1.54) is 62.5 Å². The van der Waals surface area contributed by atoms with Crippen molar-refractivity contribution >= 4 is 11.8 Å². The molecule has 3 N–H and O–H groups in total. The summed E-state index contributed by atoms with van der Waals surface area (Å²) in [6, 6.07) is 0.726. The van der Waals surface area contributed by atoms with Crippen molar-refractivity contribution in [3.05, 3.63) is 22.3 Å². The second-order valence-electron chi connectivity index (χ2n) is 7.81. The highest BCUT2D eigenvalue weighted by molar-refractivity contribution is 8.03. The van der Waals surface area contributed by atoms with Crippen LogP contribution in [0.5, 0.6) is 0 Å². The van der Waals surface area contributed by atoms with Gasteiger partial charge in [-0.15, -0.1) is 11.8 Å². The van der Waals surface area contributed by atoms with Gasteiger partial charge < -0.3 is 16.0 Å².